The fraction of sp³-hybridized carbons (Fsp3) is 0.650. The van der Waals surface area contributed by atoms with Crippen molar-refractivity contribution in [3.8, 4) is 0 Å². The molecule has 2 rings (SSSR count). The first kappa shape index (κ1) is 24.7. The third-order valence-corrected chi connectivity index (χ3v) is 5.47. The number of rotatable bonds is 9. The van der Waals surface area contributed by atoms with Gasteiger partial charge in [0.25, 0.3) is 0 Å². The minimum Gasteiger partial charge on any atom is -0.382 e. The highest BCUT2D eigenvalue weighted by atomic mass is 127. The molecular weight excluding hydrogens is 521 g/mol. The number of hydrogen-bond acceptors (Lipinski definition) is 3. The van der Waals surface area contributed by atoms with Crippen LogP contribution in [-0.4, -0.2) is 52.5 Å². The molecule has 1 aromatic carbocycles. The first-order chi connectivity index (χ1) is 12.7. The predicted molar refractivity (Wildman–Crippen MR) is 126 cm³/mol. The minimum atomic E-state index is 0. The van der Waals surface area contributed by atoms with Crippen LogP contribution in [0, 0.1) is 0 Å². The van der Waals surface area contributed by atoms with Crippen LogP contribution < -0.4 is 10.6 Å². The molecule has 0 amide bonds. The highest BCUT2D eigenvalue weighted by Crippen LogP contribution is 2.34. The summed E-state index contributed by atoms with van der Waals surface area (Å²) in [5, 5.41) is 6.94. The van der Waals surface area contributed by atoms with Crippen molar-refractivity contribution in [2.75, 3.05) is 46.6 Å². The molecule has 1 aliphatic heterocycles. The van der Waals surface area contributed by atoms with Gasteiger partial charge in [0.05, 0.1) is 0 Å². The molecule has 0 spiro atoms. The molecule has 0 bridgehead atoms. The van der Waals surface area contributed by atoms with Gasteiger partial charge in [-0.2, -0.15) is 0 Å². The lowest BCUT2D eigenvalue weighted by atomic mass is 9.74. The van der Waals surface area contributed by atoms with Crippen molar-refractivity contribution in [3.05, 3.63) is 34.3 Å². The van der Waals surface area contributed by atoms with Crippen LogP contribution in [0.25, 0.3) is 0 Å². The van der Waals surface area contributed by atoms with Gasteiger partial charge >= 0.3 is 0 Å². The minimum absolute atomic E-state index is 0. The maximum absolute atomic E-state index is 5.62. The second-order valence-electron chi connectivity index (χ2n) is 6.66. The van der Waals surface area contributed by atoms with Gasteiger partial charge in [0.2, 0.25) is 0 Å². The number of nitrogens with one attached hydrogen (secondary N) is 2. The van der Waals surface area contributed by atoms with Gasteiger partial charge in [-0.05, 0) is 50.3 Å². The first-order valence-electron chi connectivity index (χ1n) is 9.56. The second kappa shape index (κ2) is 13.7. The van der Waals surface area contributed by atoms with E-state index in [2.05, 4.69) is 55.8 Å². The van der Waals surface area contributed by atoms with Crippen molar-refractivity contribution in [1.29, 1.82) is 0 Å². The van der Waals surface area contributed by atoms with Crippen molar-refractivity contribution in [3.63, 3.8) is 0 Å². The summed E-state index contributed by atoms with van der Waals surface area (Å²) < 4.78 is 12.1. The largest absolute Gasteiger partial charge is 0.382 e. The van der Waals surface area contributed by atoms with Gasteiger partial charge in [-0.3, -0.25) is 4.99 Å². The molecule has 1 fully saturated rings. The van der Waals surface area contributed by atoms with Gasteiger partial charge < -0.3 is 20.1 Å². The number of halogens is 2. The molecule has 0 saturated carbocycles. The Hall–Kier alpha value is -0.380. The zero-order valence-corrected chi connectivity index (χ0v) is 20.3. The van der Waals surface area contributed by atoms with E-state index in [1.54, 1.807) is 0 Å². The van der Waals surface area contributed by atoms with Crippen molar-refractivity contribution in [2.24, 2.45) is 4.99 Å². The maximum atomic E-state index is 5.62. The molecule has 7 heteroatoms. The molecule has 0 aliphatic carbocycles. The molecule has 5 nitrogen and oxygen atoms in total. The van der Waals surface area contributed by atoms with Gasteiger partial charge in [-0.15, -0.1) is 24.0 Å². The monoisotopic (exact) mass is 553 g/mol. The Kier molecular flexibility index (Phi) is 12.5. The Morgan fingerprint density at radius 3 is 2.52 bits per heavy atom. The van der Waals surface area contributed by atoms with Crippen LogP contribution in [0.15, 0.2) is 33.7 Å². The van der Waals surface area contributed by atoms with Crippen LogP contribution >= 0.6 is 39.9 Å². The Morgan fingerprint density at radius 2 is 1.89 bits per heavy atom. The Morgan fingerprint density at radius 1 is 1.19 bits per heavy atom. The predicted octanol–water partition coefficient (Wildman–Crippen LogP) is 4.10. The second-order valence-corrected chi connectivity index (χ2v) is 7.57. The number of nitrogens with zero attached hydrogens (tertiary/aromatic N) is 1. The van der Waals surface area contributed by atoms with Crippen LogP contribution in [0.2, 0.25) is 0 Å². The number of hydrogen-bond donors (Lipinski definition) is 2. The molecule has 1 aliphatic rings. The van der Waals surface area contributed by atoms with Gasteiger partial charge in [0, 0.05) is 56.5 Å². The van der Waals surface area contributed by atoms with Crippen LogP contribution in [0.3, 0.4) is 0 Å². The number of guanidine groups is 1. The Balaban J connectivity index is 0.00000364. The van der Waals surface area contributed by atoms with E-state index < -0.39 is 0 Å². The van der Waals surface area contributed by atoms with Crippen LogP contribution in [0.4, 0.5) is 0 Å². The molecule has 0 radical (unpaired) electrons. The molecule has 1 aromatic rings. The molecule has 0 unspecified atom stereocenters. The molecule has 0 aromatic heterocycles. The maximum Gasteiger partial charge on any atom is 0.191 e. The zero-order valence-electron chi connectivity index (χ0n) is 16.4. The van der Waals surface area contributed by atoms with E-state index in [9.17, 15) is 0 Å². The summed E-state index contributed by atoms with van der Waals surface area (Å²) in [6.45, 7) is 7.02. The van der Waals surface area contributed by atoms with Gasteiger partial charge in [-0.25, -0.2) is 0 Å². The third kappa shape index (κ3) is 8.25. The van der Waals surface area contributed by atoms with Crippen LogP contribution in [0.1, 0.15) is 38.2 Å². The fourth-order valence-electron chi connectivity index (χ4n) is 3.29. The van der Waals surface area contributed by atoms with E-state index in [4.69, 9.17) is 9.47 Å². The molecular formula is C20H33BrIN3O2. The fourth-order valence-corrected chi connectivity index (χ4v) is 3.55. The van der Waals surface area contributed by atoms with Crippen LogP contribution in [0.5, 0.6) is 0 Å². The molecule has 27 heavy (non-hydrogen) atoms. The lowest BCUT2D eigenvalue weighted by Gasteiger charge is -2.38. The number of aliphatic imine (C=N–C) groups is 1. The van der Waals surface area contributed by atoms with Crippen LogP contribution in [-0.2, 0) is 14.9 Å². The van der Waals surface area contributed by atoms with E-state index in [1.165, 1.54) is 5.56 Å². The summed E-state index contributed by atoms with van der Waals surface area (Å²) in [6, 6.07) is 8.69. The standard InChI is InChI=1S/C20H32BrN3O2.HI/c1-3-25-13-5-4-12-23-19(22-2)24-16-20(10-14-26-15-11-20)17-6-8-18(21)9-7-17;/h6-9H,3-5,10-16H2,1-2H3,(H2,22,23,24);1H. The topological polar surface area (TPSA) is 54.9 Å². The lowest BCUT2D eigenvalue weighted by Crippen LogP contribution is -2.48. The highest BCUT2D eigenvalue weighted by molar-refractivity contribution is 14.0. The highest BCUT2D eigenvalue weighted by Gasteiger charge is 2.34. The molecule has 1 saturated heterocycles. The average molecular weight is 554 g/mol. The summed E-state index contributed by atoms with van der Waals surface area (Å²) >= 11 is 3.53. The summed E-state index contributed by atoms with van der Waals surface area (Å²) in [4.78, 5) is 4.37. The number of benzene rings is 1. The van der Waals surface area contributed by atoms with E-state index in [0.29, 0.717) is 0 Å². The Labute approximate surface area is 189 Å². The van der Waals surface area contributed by atoms with Crippen molar-refractivity contribution in [1.82, 2.24) is 10.6 Å². The molecule has 154 valence electrons. The van der Waals surface area contributed by atoms with Crippen molar-refractivity contribution >= 4 is 45.9 Å². The van der Waals surface area contributed by atoms with Crippen molar-refractivity contribution < 1.29 is 9.47 Å². The summed E-state index contributed by atoms with van der Waals surface area (Å²) in [7, 11) is 1.83. The Bertz CT molecular complexity index is 549. The van der Waals surface area contributed by atoms with E-state index in [0.717, 1.165) is 75.6 Å². The number of ether oxygens (including phenoxy) is 2. The first-order valence-corrected chi connectivity index (χ1v) is 10.4. The quantitative estimate of drug-likeness (QED) is 0.209. The van der Waals surface area contributed by atoms with Gasteiger partial charge in [0.1, 0.15) is 0 Å². The molecule has 1 heterocycles. The zero-order chi connectivity index (χ0) is 18.7. The average Bonchev–Trinajstić information content (AvgIpc) is 2.68. The SMILES string of the molecule is CCOCCCCNC(=NC)NCC1(c2ccc(Br)cc2)CCOCC1.I. The van der Waals surface area contributed by atoms with Gasteiger partial charge in [0.15, 0.2) is 5.96 Å². The normalized spacial score (nSPS) is 16.5. The van der Waals surface area contributed by atoms with E-state index in [-0.39, 0.29) is 29.4 Å². The molecule has 2 N–H and O–H groups in total. The smallest absolute Gasteiger partial charge is 0.191 e. The summed E-state index contributed by atoms with van der Waals surface area (Å²) in [6.07, 6.45) is 4.18. The van der Waals surface area contributed by atoms with Crippen molar-refractivity contribution in [2.45, 2.75) is 38.0 Å². The lowest BCUT2D eigenvalue weighted by molar-refractivity contribution is 0.0514. The molecule has 0 atom stereocenters. The summed E-state index contributed by atoms with van der Waals surface area (Å²) in [5.74, 6) is 0.865. The van der Waals surface area contributed by atoms with Gasteiger partial charge in [-0.1, -0.05) is 28.1 Å². The summed E-state index contributed by atoms with van der Waals surface area (Å²) in [5.41, 5.74) is 1.45. The van der Waals surface area contributed by atoms with E-state index >= 15 is 0 Å². The third-order valence-electron chi connectivity index (χ3n) is 4.94. The number of unbranched alkanes of at least 4 members (excludes halogenated alkanes) is 1. The van der Waals surface area contributed by atoms with E-state index in [1.807, 2.05) is 14.0 Å².